The highest BCUT2D eigenvalue weighted by atomic mass is 16.5. The topological polar surface area (TPSA) is 37.4 Å². The van der Waals surface area contributed by atoms with Gasteiger partial charge in [-0.1, -0.05) is 27.2 Å². The highest BCUT2D eigenvalue weighted by Gasteiger charge is 2.00. The maximum atomic E-state index is 5.71. The summed E-state index contributed by atoms with van der Waals surface area (Å²) in [6.07, 6.45) is 5.22. The van der Waals surface area contributed by atoms with Gasteiger partial charge in [-0.3, -0.25) is 0 Å². The molecule has 0 aliphatic rings. The lowest BCUT2D eigenvalue weighted by Gasteiger charge is -2.17. The van der Waals surface area contributed by atoms with Crippen LogP contribution in [0.5, 0.6) is 5.75 Å². The Hall–Kier alpha value is -1.29. The van der Waals surface area contributed by atoms with E-state index in [1.807, 2.05) is 12.1 Å². The van der Waals surface area contributed by atoms with Crippen LogP contribution in [-0.2, 0) is 0 Å². The summed E-state index contributed by atoms with van der Waals surface area (Å²) in [4.78, 5) is 6.76. The zero-order valence-electron chi connectivity index (χ0n) is 13.2. The minimum Gasteiger partial charge on any atom is -0.492 e. The largest absolute Gasteiger partial charge is 0.492 e. The maximum absolute atomic E-state index is 5.71. The van der Waals surface area contributed by atoms with Crippen LogP contribution in [0, 0.1) is 0 Å². The number of ether oxygens (including phenoxy) is 1. The van der Waals surface area contributed by atoms with Gasteiger partial charge in [0.15, 0.2) is 0 Å². The van der Waals surface area contributed by atoms with Crippen molar-refractivity contribution in [3.8, 4) is 5.75 Å². The minimum absolute atomic E-state index is 0.751. The van der Waals surface area contributed by atoms with Gasteiger partial charge >= 0.3 is 0 Å². The van der Waals surface area contributed by atoms with E-state index in [9.17, 15) is 0 Å². The lowest BCUT2D eigenvalue weighted by atomic mass is 10.3. The first-order valence-electron chi connectivity index (χ1n) is 7.85. The van der Waals surface area contributed by atoms with E-state index in [1.165, 1.54) is 12.8 Å². The zero-order chi connectivity index (χ0) is 14.6. The number of nitrogens with zero attached hydrogens (tertiary/aromatic N) is 2. The standard InChI is InChI=1S/C16H29N3O/c1-4-7-11-17-16-10-9-15(14-18-16)20-13-8-12-19(5-2)6-3/h9-10,14H,4-8,11-13H2,1-3H3,(H,17,18). The van der Waals surface area contributed by atoms with Gasteiger partial charge in [-0.05, 0) is 38.1 Å². The monoisotopic (exact) mass is 279 g/mol. The van der Waals surface area contributed by atoms with Crippen molar-refractivity contribution in [2.45, 2.75) is 40.0 Å². The lowest BCUT2D eigenvalue weighted by Crippen LogP contribution is -2.25. The Labute approximate surface area is 123 Å². The van der Waals surface area contributed by atoms with Crippen LogP contribution < -0.4 is 10.1 Å². The molecule has 4 heteroatoms. The third kappa shape index (κ3) is 6.75. The van der Waals surface area contributed by atoms with E-state index >= 15 is 0 Å². The van der Waals surface area contributed by atoms with Crippen molar-refractivity contribution in [1.82, 2.24) is 9.88 Å². The van der Waals surface area contributed by atoms with E-state index in [-0.39, 0.29) is 0 Å². The normalized spacial score (nSPS) is 10.8. The first-order valence-corrected chi connectivity index (χ1v) is 7.85. The summed E-state index contributed by atoms with van der Waals surface area (Å²) in [5.41, 5.74) is 0. The van der Waals surface area contributed by atoms with Crippen LogP contribution in [0.3, 0.4) is 0 Å². The van der Waals surface area contributed by atoms with Gasteiger partial charge in [-0.15, -0.1) is 0 Å². The first kappa shape index (κ1) is 16.8. The van der Waals surface area contributed by atoms with E-state index in [0.29, 0.717) is 0 Å². The molecular weight excluding hydrogens is 250 g/mol. The molecule has 20 heavy (non-hydrogen) atoms. The molecule has 0 saturated heterocycles. The number of hydrogen-bond donors (Lipinski definition) is 1. The number of anilines is 1. The van der Waals surface area contributed by atoms with Gasteiger partial charge in [-0.25, -0.2) is 4.98 Å². The number of rotatable bonds is 11. The molecule has 0 bridgehead atoms. The van der Waals surface area contributed by atoms with Gasteiger partial charge in [0.1, 0.15) is 11.6 Å². The van der Waals surface area contributed by atoms with E-state index in [1.54, 1.807) is 6.20 Å². The average molecular weight is 279 g/mol. The predicted molar refractivity (Wildman–Crippen MR) is 85.5 cm³/mol. The van der Waals surface area contributed by atoms with Crippen LogP contribution in [0.2, 0.25) is 0 Å². The zero-order valence-corrected chi connectivity index (χ0v) is 13.2. The molecule has 0 saturated carbocycles. The molecule has 4 nitrogen and oxygen atoms in total. The fourth-order valence-corrected chi connectivity index (χ4v) is 1.98. The van der Waals surface area contributed by atoms with E-state index < -0.39 is 0 Å². The van der Waals surface area contributed by atoms with Gasteiger partial charge in [0.2, 0.25) is 0 Å². The van der Waals surface area contributed by atoms with Crippen molar-refractivity contribution in [2.75, 3.05) is 38.1 Å². The Kier molecular flexibility index (Phi) is 8.79. The third-order valence-corrected chi connectivity index (χ3v) is 3.35. The van der Waals surface area contributed by atoms with Crippen LogP contribution in [-0.4, -0.2) is 42.7 Å². The summed E-state index contributed by atoms with van der Waals surface area (Å²) in [6, 6.07) is 3.97. The summed E-state index contributed by atoms with van der Waals surface area (Å²) in [5, 5.41) is 3.30. The molecular formula is C16H29N3O. The Morgan fingerprint density at radius 2 is 1.95 bits per heavy atom. The van der Waals surface area contributed by atoms with Crippen LogP contribution in [0.1, 0.15) is 40.0 Å². The van der Waals surface area contributed by atoms with E-state index in [0.717, 1.165) is 50.8 Å². The van der Waals surface area contributed by atoms with Crippen LogP contribution in [0.15, 0.2) is 18.3 Å². The molecule has 0 aliphatic carbocycles. The van der Waals surface area contributed by atoms with Crippen LogP contribution in [0.4, 0.5) is 5.82 Å². The van der Waals surface area contributed by atoms with Crippen molar-refractivity contribution in [2.24, 2.45) is 0 Å². The Morgan fingerprint density at radius 3 is 2.55 bits per heavy atom. The maximum Gasteiger partial charge on any atom is 0.137 e. The smallest absolute Gasteiger partial charge is 0.137 e. The van der Waals surface area contributed by atoms with E-state index in [4.69, 9.17) is 4.74 Å². The SMILES string of the molecule is CCCCNc1ccc(OCCCN(CC)CC)cn1. The molecule has 0 spiro atoms. The molecule has 1 N–H and O–H groups in total. The van der Waals surface area contributed by atoms with Crippen molar-refractivity contribution in [1.29, 1.82) is 0 Å². The molecule has 1 aromatic rings. The predicted octanol–water partition coefficient (Wildman–Crippen LogP) is 3.40. The Bertz CT molecular complexity index is 336. The summed E-state index contributed by atoms with van der Waals surface area (Å²) >= 11 is 0. The quantitative estimate of drug-likeness (QED) is 0.630. The number of hydrogen-bond acceptors (Lipinski definition) is 4. The average Bonchev–Trinajstić information content (AvgIpc) is 2.49. The summed E-state index contributed by atoms with van der Waals surface area (Å²) < 4.78 is 5.71. The van der Waals surface area contributed by atoms with Crippen molar-refractivity contribution < 1.29 is 4.74 Å². The second-order valence-electron chi connectivity index (χ2n) is 4.89. The van der Waals surface area contributed by atoms with Crippen molar-refractivity contribution >= 4 is 5.82 Å². The van der Waals surface area contributed by atoms with Crippen LogP contribution >= 0.6 is 0 Å². The molecule has 0 unspecified atom stereocenters. The molecule has 1 heterocycles. The molecule has 0 amide bonds. The fraction of sp³-hybridized carbons (Fsp3) is 0.688. The van der Waals surface area contributed by atoms with Gasteiger partial charge in [0, 0.05) is 13.1 Å². The fourth-order valence-electron chi connectivity index (χ4n) is 1.98. The highest BCUT2D eigenvalue weighted by molar-refractivity contribution is 5.37. The Balaban J connectivity index is 2.21. The summed E-state index contributed by atoms with van der Waals surface area (Å²) in [7, 11) is 0. The molecule has 0 aromatic carbocycles. The van der Waals surface area contributed by atoms with Gasteiger partial charge in [-0.2, -0.15) is 0 Å². The molecule has 114 valence electrons. The second-order valence-corrected chi connectivity index (χ2v) is 4.89. The number of aromatic nitrogens is 1. The van der Waals surface area contributed by atoms with Gasteiger partial charge in [0.05, 0.1) is 12.8 Å². The summed E-state index contributed by atoms with van der Waals surface area (Å²) in [5.74, 6) is 1.78. The van der Waals surface area contributed by atoms with Crippen LogP contribution in [0.25, 0.3) is 0 Å². The molecule has 0 atom stereocenters. The molecule has 1 rings (SSSR count). The van der Waals surface area contributed by atoms with Crippen molar-refractivity contribution in [3.63, 3.8) is 0 Å². The van der Waals surface area contributed by atoms with Gasteiger partial charge < -0.3 is 15.0 Å². The second kappa shape index (κ2) is 10.5. The summed E-state index contributed by atoms with van der Waals surface area (Å²) in [6.45, 7) is 11.6. The molecule has 0 aliphatic heterocycles. The minimum atomic E-state index is 0.751. The highest BCUT2D eigenvalue weighted by Crippen LogP contribution is 2.12. The van der Waals surface area contributed by atoms with Crippen molar-refractivity contribution in [3.05, 3.63) is 18.3 Å². The lowest BCUT2D eigenvalue weighted by molar-refractivity contribution is 0.249. The molecule has 0 radical (unpaired) electrons. The van der Waals surface area contributed by atoms with E-state index in [2.05, 4.69) is 36.0 Å². The number of pyridine rings is 1. The number of unbranched alkanes of at least 4 members (excludes halogenated alkanes) is 1. The molecule has 0 fully saturated rings. The first-order chi connectivity index (χ1) is 9.80. The third-order valence-electron chi connectivity index (χ3n) is 3.35. The number of nitrogens with one attached hydrogen (secondary N) is 1. The Morgan fingerprint density at radius 1 is 1.15 bits per heavy atom. The van der Waals surface area contributed by atoms with Gasteiger partial charge in [0.25, 0.3) is 0 Å². The molecule has 1 aromatic heterocycles.